The van der Waals surface area contributed by atoms with Crippen LogP contribution < -0.4 is 4.90 Å². The smallest absolute Gasteiger partial charge is 0.356 e. The number of nitriles is 1. The van der Waals surface area contributed by atoms with Gasteiger partial charge in [-0.1, -0.05) is 0 Å². The first-order chi connectivity index (χ1) is 14.2. The molecule has 3 aromatic heterocycles. The molecule has 29 heavy (non-hydrogen) atoms. The van der Waals surface area contributed by atoms with Crippen LogP contribution in [0.4, 0.5) is 5.88 Å². The zero-order valence-electron chi connectivity index (χ0n) is 15.2. The lowest BCUT2D eigenvalue weighted by Crippen LogP contribution is -2.50. The van der Waals surface area contributed by atoms with Crippen molar-refractivity contribution in [3.8, 4) is 17.7 Å². The van der Waals surface area contributed by atoms with Gasteiger partial charge in [0, 0.05) is 32.4 Å². The number of furan rings is 1. The lowest BCUT2D eigenvalue weighted by molar-refractivity contribution is -0.134. The van der Waals surface area contributed by atoms with E-state index >= 15 is 0 Å². The number of hydrogen-bond acceptors (Lipinski definition) is 9. The third kappa shape index (κ3) is 3.81. The Hall–Kier alpha value is -4.07. The van der Waals surface area contributed by atoms with Crippen LogP contribution in [0, 0.1) is 11.3 Å². The number of nitrogens with one attached hydrogen (secondary N) is 1. The van der Waals surface area contributed by atoms with E-state index in [0.29, 0.717) is 37.8 Å². The molecule has 0 atom stereocenters. The van der Waals surface area contributed by atoms with Crippen molar-refractivity contribution in [1.82, 2.24) is 20.1 Å². The molecular formula is C18H16N6O5. The molecule has 148 valence electrons. The molecule has 11 nitrogen and oxygen atoms in total. The van der Waals surface area contributed by atoms with E-state index < -0.39 is 5.97 Å². The van der Waals surface area contributed by atoms with Crippen LogP contribution in [-0.2, 0) is 9.53 Å². The van der Waals surface area contributed by atoms with Gasteiger partial charge in [0.25, 0.3) is 11.8 Å². The van der Waals surface area contributed by atoms with Gasteiger partial charge in [-0.05, 0) is 18.2 Å². The molecule has 0 aliphatic carbocycles. The number of carbonyl (C=O) groups excluding carboxylic acids is 2. The molecule has 1 saturated heterocycles. The summed E-state index contributed by atoms with van der Waals surface area (Å²) in [6, 6.07) is 6.88. The van der Waals surface area contributed by atoms with Gasteiger partial charge in [0.1, 0.15) is 11.8 Å². The molecule has 1 amide bonds. The van der Waals surface area contributed by atoms with E-state index in [4.69, 9.17) is 13.6 Å². The third-order valence-corrected chi connectivity index (χ3v) is 4.41. The van der Waals surface area contributed by atoms with Gasteiger partial charge < -0.3 is 23.4 Å². The number of H-pyrrole nitrogens is 1. The van der Waals surface area contributed by atoms with Crippen molar-refractivity contribution in [3.63, 3.8) is 0 Å². The molecule has 4 rings (SSSR count). The first kappa shape index (κ1) is 18.3. The van der Waals surface area contributed by atoms with Crippen LogP contribution >= 0.6 is 0 Å². The fraction of sp³-hybridized carbons (Fsp3) is 0.278. The Morgan fingerprint density at radius 1 is 1.28 bits per heavy atom. The Bertz CT molecular complexity index is 1030. The molecule has 1 fully saturated rings. The molecular weight excluding hydrogens is 380 g/mol. The number of rotatable bonds is 5. The van der Waals surface area contributed by atoms with Crippen LogP contribution in [0.25, 0.3) is 11.7 Å². The number of ether oxygens (including phenoxy) is 1. The summed E-state index contributed by atoms with van der Waals surface area (Å²) in [5.41, 5.74) is 0.342. The average Bonchev–Trinajstić information content (AvgIpc) is 3.52. The van der Waals surface area contributed by atoms with E-state index in [2.05, 4.69) is 15.2 Å². The van der Waals surface area contributed by atoms with Crippen molar-refractivity contribution < 1.29 is 23.2 Å². The van der Waals surface area contributed by atoms with Gasteiger partial charge in [0.05, 0.1) is 6.26 Å². The Morgan fingerprint density at radius 3 is 2.76 bits per heavy atom. The topological polar surface area (TPSA) is 141 Å². The van der Waals surface area contributed by atoms with E-state index in [9.17, 15) is 14.9 Å². The van der Waals surface area contributed by atoms with E-state index in [-0.39, 0.29) is 29.8 Å². The standard InChI is InChI=1S/C18H16N6O5/c19-10-13-17(29-16(21-13)14-2-1-9-27-14)24-7-5-23(6-8-24)15(25)11-28-18(26)12-3-4-20-22-12/h1-4,9H,5-8,11H2,(H,20,22). The van der Waals surface area contributed by atoms with Crippen LogP contribution in [0.3, 0.4) is 0 Å². The summed E-state index contributed by atoms with van der Waals surface area (Å²) in [6.07, 6.45) is 2.92. The predicted octanol–water partition coefficient (Wildman–Crippen LogP) is 1.03. The number of aromatic amines is 1. The number of amides is 1. The summed E-state index contributed by atoms with van der Waals surface area (Å²) >= 11 is 0. The number of anilines is 1. The molecule has 1 N–H and O–H groups in total. The van der Waals surface area contributed by atoms with Crippen molar-refractivity contribution in [3.05, 3.63) is 42.0 Å². The van der Waals surface area contributed by atoms with E-state index in [1.54, 1.807) is 17.0 Å². The van der Waals surface area contributed by atoms with Gasteiger partial charge in [0.2, 0.25) is 11.6 Å². The molecule has 0 spiro atoms. The average molecular weight is 396 g/mol. The first-order valence-corrected chi connectivity index (χ1v) is 8.79. The maximum absolute atomic E-state index is 12.3. The number of oxazole rings is 1. The lowest BCUT2D eigenvalue weighted by atomic mass is 10.3. The minimum atomic E-state index is -0.639. The zero-order valence-corrected chi connectivity index (χ0v) is 15.2. The van der Waals surface area contributed by atoms with Gasteiger partial charge in [-0.2, -0.15) is 15.3 Å². The molecule has 3 aromatic rings. The van der Waals surface area contributed by atoms with Gasteiger partial charge in [0.15, 0.2) is 12.4 Å². The Kier molecular flexibility index (Phi) is 4.98. The molecule has 0 bridgehead atoms. The number of aromatic nitrogens is 3. The highest BCUT2D eigenvalue weighted by Crippen LogP contribution is 2.29. The second-order valence-corrected chi connectivity index (χ2v) is 6.18. The third-order valence-electron chi connectivity index (χ3n) is 4.41. The Labute approximate surface area is 164 Å². The van der Waals surface area contributed by atoms with Gasteiger partial charge in [-0.15, -0.1) is 0 Å². The normalized spacial score (nSPS) is 13.9. The Balaban J connectivity index is 1.34. The largest absolute Gasteiger partial charge is 0.459 e. The molecule has 0 unspecified atom stereocenters. The van der Waals surface area contributed by atoms with Crippen LogP contribution in [-0.4, -0.2) is 64.7 Å². The number of hydrogen-bond donors (Lipinski definition) is 1. The van der Waals surface area contributed by atoms with Crippen molar-refractivity contribution in [2.24, 2.45) is 0 Å². The second kappa shape index (κ2) is 7.89. The van der Waals surface area contributed by atoms with Crippen LogP contribution in [0.2, 0.25) is 0 Å². The van der Waals surface area contributed by atoms with Crippen molar-refractivity contribution in [2.75, 3.05) is 37.7 Å². The summed E-state index contributed by atoms with van der Waals surface area (Å²) in [5.74, 6) is 0.0650. The lowest BCUT2D eigenvalue weighted by Gasteiger charge is -2.34. The van der Waals surface area contributed by atoms with Crippen LogP contribution in [0.5, 0.6) is 0 Å². The monoisotopic (exact) mass is 396 g/mol. The summed E-state index contributed by atoms with van der Waals surface area (Å²) in [6.45, 7) is 1.32. The SMILES string of the molecule is N#Cc1nc(-c2ccco2)oc1N1CCN(C(=O)COC(=O)c2ccn[nH]2)CC1. The van der Waals surface area contributed by atoms with Crippen LogP contribution in [0.1, 0.15) is 16.2 Å². The maximum Gasteiger partial charge on any atom is 0.356 e. The summed E-state index contributed by atoms with van der Waals surface area (Å²) < 4.78 is 16.0. The van der Waals surface area contributed by atoms with Gasteiger partial charge in [-0.25, -0.2) is 4.79 Å². The number of piperazine rings is 1. The molecule has 0 aromatic carbocycles. The summed E-state index contributed by atoms with van der Waals surface area (Å²) in [5, 5.41) is 15.5. The van der Waals surface area contributed by atoms with Crippen molar-refractivity contribution >= 4 is 17.8 Å². The molecule has 4 heterocycles. The minimum absolute atomic E-state index is 0.157. The highest BCUT2D eigenvalue weighted by atomic mass is 16.5. The number of esters is 1. The van der Waals surface area contributed by atoms with E-state index in [1.807, 2.05) is 11.0 Å². The predicted molar refractivity (Wildman–Crippen MR) is 96.6 cm³/mol. The summed E-state index contributed by atoms with van der Waals surface area (Å²) in [7, 11) is 0. The molecule has 0 radical (unpaired) electrons. The highest BCUT2D eigenvalue weighted by Gasteiger charge is 2.27. The fourth-order valence-corrected chi connectivity index (χ4v) is 2.93. The molecule has 1 aliphatic heterocycles. The summed E-state index contributed by atoms with van der Waals surface area (Å²) in [4.78, 5) is 31.7. The molecule has 0 saturated carbocycles. The first-order valence-electron chi connectivity index (χ1n) is 8.79. The van der Waals surface area contributed by atoms with Crippen LogP contribution in [0.15, 0.2) is 39.5 Å². The number of nitrogens with zero attached hydrogens (tertiary/aromatic N) is 5. The quantitative estimate of drug-likeness (QED) is 0.626. The van der Waals surface area contributed by atoms with Gasteiger partial charge in [-0.3, -0.25) is 9.89 Å². The minimum Gasteiger partial charge on any atom is -0.459 e. The van der Waals surface area contributed by atoms with E-state index in [0.717, 1.165) is 0 Å². The van der Waals surface area contributed by atoms with Gasteiger partial charge >= 0.3 is 5.97 Å². The second-order valence-electron chi connectivity index (χ2n) is 6.18. The van der Waals surface area contributed by atoms with E-state index in [1.165, 1.54) is 18.5 Å². The van der Waals surface area contributed by atoms with Crippen molar-refractivity contribution in [1.29, 1.82) is 5.26 Å². The molecule has 11 heteroatoms. The number of carbonyl (C=O) groups is 2. The Morgan fingerprint density at radius 2 is 2.10 bits per heavy atom. The zero-order chi connectivity index (χ0) is 20.2. The maximum atomic E-state index is 12.3. The highest BCUT2D eigenvalue weighted by molar-refractivity contribution is 5.89. The fourth-order valence-electron chi connectivity index (χ4n) is 2.93. The molecule has 1 aliphatic rings. The van der Waals surface area contributed by atoms with Crippen molar-refractivity contribution in [2.45, 2.75) is 0 Å².